The Morgan fingerprint density at radius 3 is 1.02 bits per heavy atom. The van der Waals surface area contributed by atoms with Gasteiger partial charge in [-0.1, -0.05) is 54.6 Å². The molecule has 0 saturated carbocycles. The summed E-state index contributed by atoms with van der Waals surface area (Å²) in [5, 5.41) is 0. The molecule has 2 aromatic heterocycles. The lowest BCUT2D eigenvalue weighted by atomic mass is 10.1. The summed E-state index contributed by atoms with van der Waals surface area (Å²) < 4.78 is 61.8. The first-order valence-corrected chi connectivity index (χ1v) is 21.4. The van der Waals surface area contributed by atoms with Gasteiger partial charge in [0, 0.05) is 35.4 Å². The molecule has 5 aromatic rings. The number of rotatable bonds is 8. The fraction of sp³-hybridized carbons (Fsp3) is 0.360. The van der Waals surface area contributed by atoms with Crippen molar-refractivity contribution in [1.29, 1.82) is 0 Å². The summed E-state index contributed by atoms with van der Waals surface area (Å²) >= 11 is 0. The largest absolute Gasteiger partial charge is 0.487 e. The second kappa shape index (κ2) is 25.4. The zero-order valence-corrected chi connectivity index (χ0v) is 35.4. The Morgan fingerprint density at radius 2 is 0.645 bits per heavy atom. The van der Waals surface area contributed by atoms with Gasteiger partial charge in [0.2, 0.25) is 0 Å². The van der Waals surface area contributed by atoms with E-state index in [1.165, 1.54) is 11.1 Å². The highest BCUT2D eigenvalue weighted by molar-refractivity contribution is 5.71. The van der Waals surface area contributed by atoms with Gasteiger partial charge in [0.15, 0.2) is 60.9 Å². The van der Waals surface area contributed by atoms with E-state index in [2.05, 4.69) is 107 Å². The molecule has 0 N–H and O–H groups in total. The van der Waals surface area contributed by atoms with Gasteiger partial charge in [-0.25, -0.2) is 9.13 Å². The summed E-state index contributed by atoms with van der Waals surface area (Å²) in [5.41, 5.74) is 6.70. The van der Waals surface area contributed by atoms with Gasteiger partial charge >= 0.3 is 0 Å². The third kappa shape index (κ3) is 15.4. The molecule has 4 heterocycles. The fourth-order valence-corrected chi connectivity index (χ4v) is 6.65. The third-order valence-corrected chi connectivity index (χ3v) is 9.86. The molecule has 3 aromatic carbocycles. The van der Waals surface area contributed by atoms with Gasteiger partial charge < -0.3 is 47.4 Å². The van der Waals surface area contributed by atoms with Crippen LogP contribution in [-0.2, 0) is 41.5 Å². The topological polar surface area (TPSA) is 100 Å². The molecule has 0 spiro atoms. The molecular formula is C50H58N2O10+2. The minimum absolute atomic E-state index is 0.420. The normalized spacial score (nSPS) is 16.8. The lowest BCUT2D eigenvalue weighted by molar-refractivity contribution is -0.689. The van der Waals surface area contributed by atoms with E-state index < -0.39 is 0 Å². The Bertz CT molecular complexity index is 1990. The van der Waals surface area contributed by atoms with Gasteiger partial charge in [-0.05, 0) is 52.6 Å². The van der Waals surface area contributed by atoms with Crippen molar-refractivity contribution < 1.29 is 56.5 Å². The van der Waals surface area contributed by atoms with Crippen molar-refractivity contribution in [3.8, 4) is 23.0 Å². The molecule has 7 rings (SSSR count). The number of fused-ring (bicyclic) bond motifs is 2. The summed E-state index contributed by atoms with van der Waals surface area (Å²) in [6, 6.07) is 29.2. The van der Waals surface area contributed by atoms with Crippen LogP contribution in [0.5, 0.6) is 23.0 Å². The van der Waals surface area contributed by atoms with Crippen LogP contribution in [0, 0.1) is 0 Å². The van der Waals surface area contributed by atoms with Crippen LogP contribution in [0.3, 0.4) is 0 Å². The fourth-order valence-electron chi connectivity index (χ4n) is 6.65. The molecule has 12 nitrogen and oxygen atoms in total. The van der Waals surface area contributed by atoms with Gasteiger partial charge in [-0.15, -0.1) is 0 Å². The molecule has 0 aliphatic carbocycles. The first-order valence-electron chi connectivity index (χ1n) is 21.4. The quantitative estimate of drug-likeness (QED) is 0.165. The zero-order valence-electron chi connectivity index (χ0n) is 35.4. The summed E-state index contributed by atoms with van der Waals surface area (Å²) in [4.78, 5) is 0. The predicted molar refractivity (Wildman–Crippen MR) is 236 cm³/mol. The van der Waals surface area contributed by atoms with Crippen molar-refractivity contribution in [2.45, 2.75) is 13.1 Å². The molecule has 12 heteroatoms. The Labute approximate surface area is 364 Å². The first-order chi connectivity index (χ1) is 30.7. The van der Waals surface area contributed by atoms with Crippen LogP contribution < -0.4 is 28.1 Å². The Kier molecular flexibility index (Phi) is 18.2. The van der Waals surface area contributed by atoms with Crippen LogP contribution in [0.1, 0.15) is 33.4 Å². The molecule has 0 fully saturated rings. The lowest BCUT2D eigenvalue weighted by Crippen LogP contribution is -2.34. The van der Waals surface area contributed by atoms with Crippen molar-refractivity contribution in [2.24, 2.45) is 0 Å². The maximum absolute atomic E-state index is 6.05. The van der Waals surface area contributed by atoms with Gasteiger partial charge in [-0.3, -0.25) is 0 Å². The Hall–Kier alpha value is -5.60. The molecule has 0 saturated heterocycles. The highest BCUT2D eigenvalue weighted by atomic mass is 16.6. The van der Waals surface area contributed by atoms with Crippen LogP contribution in [0.25, 0.3) is 24.3 Å². The Balaban J connectivity index is 0.903. The van der Waals surface area contributed by atoms with Crippen LogP contribution in [0.2, 0.25) is 0 Å². The standard InChI is InChI=1S/C50H58N2O10/c1-2-45(39-51-16-12-41(13-17-51)4-6-43-8-10-47-49(37-43)61-34-30-57-26-22-53-20-24-55-28-32-59-47)36-46(3-1)40-52-18-14-42(15-19-52)5-7-44-9-11-48-50(38-44)62-35-31-58-27-23-54-21-25-56-29-33-60-48/h1-19,36-38H,20-35,39-40H2/q+2/b6-4-,7-5+. The van der Waals surface area contributed by atoms with E-state index in [9.17, 15) is 0 Å². The third-order valence-electron chi connectivity index (χ3n) is 9.86. The van der Waals surface area contributed by atoms with E-state index in [0.29, 0.717) is 129 Å². The smallest absolute Gasteiger partial charge is 0.173 e. The van der Waals surface area contributed by atoms with E-state index in [1.54, 1.807) is 0 Å². The molecule has 0 atom stereocenters. The van der Waals surface area contributed by atoms with Gasteiger partial charge in [0.1, 0.15) is 26.4 Å². The molecular weight excluding hydrogens is 789 g/mol. The molecule has 2 aliphatic heterocycles. The van der Waals surface area contributed by atoms with Crippen LogP contribution >= 0.6 is 0 Å². The average molecular weight is 847 g/mol. The number of ether oxygens (including phenoxy) is 10. The zero-order chi connectivity index (χ0) is 42.3. The average Bonchev–Trinajstić information content (AvgIpc) is 3.31. The van der Waals surface area contributed by atoms with E-state index in [4.69, 9.17) is 47.4 Å². The van der Waals surface area contributed by atoms with E-state index in [-0.39, 0.29) is 0 Å². The highest BCUT2D eigenvalue weighted by Crippen LogP contribution is 2.30. The van der Waals surface area contributed by atoms with Crippen molar-refractivity contribution in [3.63, 3.8) is 0 Å². The van der Waals surface area contributed by atoms with E-state index in [1.807, 2.05) is 36.4 Å². The lowest BCUT2D eigenvalue weighted by Gasteiger charge is -2.13. The predicted octanol–water partition coefficient (Wildman–Crippen LogP) is 6.34. The number of hydrogen-bond donors (Lipinski definition) is 0. The number of nitrogens with zero attached hydrogens (tertiary/aromatic N) is 2. The Morgan fingerprint density at radius 1 is 0.323 bits per heavy atom. The summed E-state index contributed by atoms with van der Waals surface area (Å²) in [7, 11) is 0. The van der Waals surface area contributed by atoms with Gasteiger partial charge in [0.05, 0.1) is 79.3 Å². The van der Waals surface area contributed by atoms with Crippen molar-refractivity contribution in [3.05, 3.63) is 143 Å². The van der Waals surface area contributed by atoms with Crippen molar-refractivity contribution >= 4 is 24.3 Å². The molecule has 0 radical (unpaired) electrons. The van der Waals surface area contributed by atoms with Gasteiger partial charge in [-0.2, -0.15) is 0 Å². The van der Waals surface area contributed by atoms with E-state index >= 15 is 0 Å². The minimum Gasteiger partial charge on any atom is -0.487 e. The summed E-state index contributed by atoms with van der Waals surface area (Å²) in [6.45, 7) is 9.38. The summed E-state index contributed by atoms with van der Waals surface area (Å²) in [6.07, 6.45) is 16.8. The van der Waals surface area contributed by atoms with Gasteiger partial charge in [0.25, 0.3) is 0 Å². The number of aromatic nitrogens is 2. The second-order valence-electron chi connectivity index (χ2n) is 14.6. The molecule has 326 valence electrons. The molecule has 0 amide bonds. The van der Waals surface area contributed by atoms with Crippen LogP contribution in [0.4, 0.5) is 0 Å². The minimum atomic E-state index is 0.420. The molecule has 2 aliphatic rings. The van der Waals surface area contributed by atoms with Crippen LogP contribution in [0.15, 0.2) is 110 Å². The van der Waals surface area contributed by atoms with Crippen LogP contribution in [-0.4, -0.2) is 106 Å². The maximum Gasteiger partial charge on any atom is 0.173 e. The molecule has 62 heavy (non-hydrogen) atoms. The summed E-state index contributed by atoms with van der Waals surface area (Å²) in [5.74, 6) is 2.73. The highest BCUT2D eigenvalue weighted by Gasteiger charge is 2.11. The van der Waals surface area contributed by atoms with E-state index in [0.717, 1.165) is 35.3 Å². The number of benzene rings is 3. The first kappa shape index (κ1) is 44.5. The second-order valence-corrected chi connectivity index (χ2v) is 14.6. The van der Waals surface area contributed by atoms with Crippen molar-refractivity contribution in [1.82, 2.24) is 0 Å². The number of hydrogen-bond acceptors (Lipinski definition) is 10. The molecule has 0 unspecified atom stereocenters. The number of pyridine rings is 2. The maximum atomic E-state index is 6.05. The SMILES string of the molecule is C(=C/c1ccc2c(c1)OCCOCCOCCOCCO2)/c1cc[n+](Cc2cccc(C[n+]3ccc(/C=C/c4ccc5c(c4)OCCOCCOCCOCCO5)cc3)c2)cc1. The monoisotopic (exact) mass is 846 g/mol. The van der Waals surface area contributed by atoms with Crippen molar-refractivity contribution in [2.75, 3.05) is 106 Å². The molecule has 0 bridgehead atoms.